The minimum Gasteiger partial charge on any atom is -0.340 e. The molecule has 0 atom stereocenters. The number of halogens is 1. The number of rotatable bonds is 2. The zero-order valence-corrected chi connectivity index (χ0v) is 10.0. The summed E-state index contributed by atoms with van der Waals surface area (Å²) in [4.78, 5) is 13.9. The lowest BCUT2D eigenvalue weighted by molar-refractivity contribution is -0.131. The summed E-state index contributed by atoms with van der Waals surface area (Å²) in [7, 11) is 0. The van der Waals surface area contributed by atoms with E-state index in [1.807, 2.05) is 11.8 Å². The third-order valence-corrected chi connectivity index (χ3v) is 3.12. The maximum atomic E-state index is 12.9. The van der Waals surface area contributed by atoms with Gasteiger partial charge in [-0.15, -0.1) is 0 Å². The molecule has 1 aromatic carbocycles. The number of amides is 1. The van der Waals surface area contributed by atoms with E-state index in [1.54, 1.807) is 6.07 Å². The minimum atomic E-state index is -0.249. The molecule has 0 unspecified atom stereocenters. The fraction of sp³-hybridized carbons (Fsp3) is 0.462. The van der Waals surface area contributed by atoms with E-state index < -0.39 is 0 Å². The second-order valence-electron chi connectivity index (χ2n) is 4.38. The predicted molar refractivity (Wildman–Crippen MR) is 64.3 cm³/mol. The molecule has 1 N–H and O–H groups in total. The molecule has 0 spiro atoms. The summed E-state index contributed by atoms with van der Waals surface area (Å²) in [5.74, 6) is -0.123. The Hall–Kier alpha value is -1.42. The van der Waals surface area contributed by atoms with Gasteiger partial charge < -0.3 is 10.2 Å². The summed E-state index contributed by atoms with van der Waals surface area (Å²) in [6, 6.07) is 4.58. The van der Waals surface area contributed by atoms with E-state index in [-0.39, 0.29) is 11.7 Å². The smallest absolute Gasteiger partial charge is 0.227 e. The van der Waals surface area contributed by atoms with Crippen LogP contribution in [0.5, 0.6) is 0 Å². The molecule has 17 heavy (non-hydrogen) atoms. The number of nitrogens with zero attached hydrogens (tertiary/aromatic N) is 1. The van der Waals surface area contributed by atoms with Crippen molar-refractivity contribution < 1.29 is 9.18 Å². The Morgan fingerprint density at radius 3 is 2.76 bits per heavy atom. The van der Waals surface area contributed by atoms with Crippen molar-refractivity contribution >= 4 is 5.91 Å². The average molecular weight is 236 g/mol. The Morgan fingerprint density at radius 2 is 2.12 bits per heavy atom. The Balaban J connectivity index is 2.02. The number of hydrogen-bond donors (Lipinski definition) is 1. The van der Waals surface area contributed by atoms with Crippen LogP contribution in [0.15, 0.2) is 18.2 Å². The van der Waals surface area contributed by atoms with E-state index in [0.717, 1.165) is 37.3 Å². The van der Waals surface area contributed by atoms with E-state index >= 15 is 0 Å². The van der Waals surface area contributed by atoms with Gasteiger partial charge in [0.15, 0.2) is 0 Å². The van der Waals surface area contributed by atoms with Crippen molar-refractivity contribution in [2.45, 2.75) is 13.3 Å². The zero-order valence-electron chi connectivity index (χ0n) is 10.0. The second kappa shape index (κ2) is 5.27. The van der Waals surface area contributed by atoms with Crippen LogP contribution in [0.4, 0.5) is 4.39 Å². The van der Waals surface area contributed by atoms with Gasteiger partial charge >= 0.3 is 0 Å². The zero-order chi connectivity index (χ0) is 12.3. The first-order valence-electron chi connectivity index (χ1n) is 5.90. The van der Waals surface area contributed by atoms with Crippen molar-refractivity contribution in [2.75, 3.05) is 26.2 Å². The van der Waals surface area contributed by atoms with Crippen LogP contribution in [0.2, 0.25) is 0 Å². The van der Waals surface area contributed by atoms with Crippen molar-refractivity contribution in [3.8, 4) is 0 Å². The number of carbonyl (C=O) groups excluding carboxylic acids is 1. The molecule has 1 saturated heterocycles. The lowest BCUT2D eigenvalue weighted by Gasteiger charge is -2.27. The maximum Gasteiger partial charge on any atom is 0.227 e. The van der Waals surface area contributed by atoms with Gasteiger partial charge in [-0.1, -0.05) is 6.07 Å². The molecule has 92 valence electrons. The van der Waals surface area contributed by atoms with Gasteiger partial charge in [-0.05, 0) is 30.2 Å². The number of benzene rings is 1. The first kappa shape index (κ1) is 12.0. The summed E-state index contributed by atoms with van der Waals surface area (Å²) in [5.41, 5.74) is 1.75. The Kier molecular flexibility index (Phi) is 3.74. The monoisotopic (exact) mass is 236 g/mol. The molecule has 1 aromatic rings. The third-order valence-electron chi connectivity index (χ3n) is 3.12. The van der Waals surface area contributed by atoms with Crippen LogP contribution < -0.4 is 5.32 Å². The molecule has 1 aliphatic heterocycles. The van der Waals surface area contributed by atoms with Crippen LogP contribution in [0.25, 0.3) is 0 Å². The number of aryl methyl sites for hydroxylation is 1. The van der Waals surface area contributed by atoms with Crippen molar-refractivity contribution in [1.29, 1.82) is 0 Å². The molecule has 0 aliphatic carbocycles. The lowest BCUT2D eigenvalue weighted by atomic mass is 10.0. The number of carbonyl (C=O) groups is 1. The highest BCUT2D eigenvalue weighted by molar-refractivity contribution is 5.79. The lowest BCUT2D eigenvalue weighted by Crippen LogP contribution is -2.47. The summed E-state index contributed by atoms with van der Waals surface area (Å²) in [6.45, 7) is 5.07. The number of hydrogen-bond acceptors (Lipinski definition) is 2. The van der Waals surface area contributed by atoms with E-state index in [9.17, 15) is 9.18 Å². The molecular formula is C13H17FN2O. The Labute approximate surface area is 101 Å². The molecule has 0 radical (unpaired) electrons. The van der Waals surface area contributed by atoms with Gasteiger partial charge in [0.1, 0.15) is 5.82 Å². The van der Waals surface area contributed by atoms with Gasteiger partial charge in [0.05, 0.1) is 6.42 Å². The molecule has 1 aliphatic rings. The van der Waals surface area contributed by atoms with Crippen LogP contribution >= 0.6 is 0 Å². The van der Waals surface area contributed by atoms with Crippen molar-refractivity contribution in [1.82, 2.24) is 10.2 Å². The van der Waals surface area contributed by atoms with Gasteiger partial charge in [0, 0.05) is 26.2 Å². The minimum absolute atomic E-state index is 0.126. The molecule has 2 rings (SSSR count). The van der Waals surface area contributed by atoms with E-state index in [1.165, 1.54) is 12.1 Å². The molecule has 4 heteroatoms. The van der Waals surface area contributed by atoms with Crippen LogP contribution in [-0.2, 0) is 11.2 Å². The topological polar surface area (TPSA) is 32.3 Å². The average Bonchev–Trinajstić information content (AvgIpc) is 2.34. The normalized spacial score (nSPS) is 16.0. The number of nitrogens with one attached hydrogen (secondary N) is 1. The predicted octanol–water partition coefficient (Wildman–Crippen LogP) is 1.11. The molecule has 1 fully saturated rings. The summed E-state index contributed by atoms with van der Waals surface area (Å²) >= 11 is 0. The molecule has 3 nitrogen and oxygen atoms in total. The first-order valence-corrected chi connectivity index (χ1v) is 5.90. The molecule has 1 amide bonds. The van der Waals surface area contributed by atoms with Crippen LogP contribution in [0, 0.1) is 12.7 Å². The van der Waals surface area contributed by atoms with Crippen molar-refractivity contribution in [3.05, 3.63) is 35.1 Å². The molecule has 0 saturated carbocycles. The maximum absolute atomic E-state index is 12.9. The Bertz CT molecular complexity index is 414. The highest BCUT2D eigenvalue weighted by Crippen LogP contribution is 2.12. The first-order chi connectivity index (χ1) is 8.16. The van der Waals surface area contributed by atoms with Crippen molar-refractivity contribution in [3.63, 3.8) is 0 Å². The van der Waals surface area contributed by atoms with Gasteiger partial charge in [-0.3, -0.25) is 4.79 Å². The highest BCUT2D eigenvalue weighted by atomic mass is 19.1. The van der Waals surface area contributed by atoms with E-state index in [4.69, 9.17) is 0 Å². The summed E-state index contributed by atoms with van der Waals surface area (Å²) in [5, 5.41) is 3.21. The van der Waals surface area contributed by atoms with E-state index in [0.29, 0.717) is 6.42 Å². The van der Waals surface area contributed by atoms with Gasteiger partial charge in [0.2, 0.25) is 5.91 Å². The third kappa shape index (κ3) is 3.03. The fourth-order valence-electron chi connectivity index (χ4n) is 2.05. The summed E-state index contributed by atoms with van der Waals surface area (Å²) in [6.07, 6.45) is 0.367. The fourth-order valence-corrected chi connectivity index (χ4v) is 2.05. The highest BCUT2D eigenvalue weighted by Gasteiger charge is 2.17. The van der Waals surface area contributed by atoms with E-state index in [2.05, 4.69) is 5.32 Å². The van der Waals surface area contributed by atoms with Crippen molar-refractivity contribution in [2.24, 2.45) is 0 Å². The molecular weight excluding hydrogens is 219 g/mol. The molecule has 0 aromatic heterocycles. The molecule has 1 heterocycles. The quantitative estimate of drug-likeness (QED) is 0.834. The van der Waals surface area contributed by atoms with Gasteiger partial charge in [-0.2, -0.15) is 0 Å². The van der Waals surface area contributed by atoms with Gasteiger partial charge in [0.25, 0.3) is 0 Å². The summed E-state index contributed by atoms with van der Waals surface area (Å²) < 4.78 is 12.9. The van der Waals surface area contributed by atoms with Gasteiger partial charge in [-0.25, -0.2) is 4.39 Å². The number of piperazine rings is 1. The van der Waals surface area contributed by atoms with Crippen LogP contribution in [0.1, 0.15) is 11.1 Å². The molecule has 0 bridgehead atoms. The van der Waals surface area contributed by atoms with Crippen LogP contribution in [-0.4, -0.2) is 37.0 Å². The SMILES string of the molecule is Cc1cc(F)ccc1CC(=O)N1CCNCC1. The Morgan fingerprint density at radius 1 is 1.41 bits per heavy atom. The largest absolute Gasteiger partial charge is 0.340 e. The standard InChI is InChI=1S/C13H17FN2O/c1-10-8-12(14)3-2-11(10)9-13(17)16-6-4-15-5-7-16/h2-3,8,15H,4-7,9H2,1H3. The van der Waals surface area contributed by atoms with Crippen LogP contribution in [0.3, 0.4) is 0 Å². The second-order valence-corrected chi connectivity index (χ2v) is 4.38.